The van der Waals surface area contributed by atoms with Crippen LogP contribution in [0.25, 0.3) is 0 Å². The molecule has 1 heterocycles. The summed E-state index contributed by atoms with van der Waals surface area (Å²) in [5.74, 6) is -3.32. The zero-order valence-electron chi connectivity index (χ0n) is 9.62. The highest BCUT2D eigenvalue weighted by Gasteiger charge is 2.22. The predicted molar refractivity (Wildman–Crippen MR) is 60.6 cm³/mol. The van der Waals surface area contributed by atoms with E-state index in [1.807, 2.05) is 5.10 Å². The van der Waals surface area contributed by atoms with Gasteiger partial charge < -0.3 is 15.5 Å². The number of nitrogens with one attached hydrogen (secondary N) is 2. The standard InChI is InChI=1S/C10H11N3O6/c14-7-3-1-5(12-13-7)9(17)11-6(10(18)19)2-4-8(15)16/h1,3,6H,2,4H2,(H,11,17)(H,13,14)(H,15,16)(H,18,19)/t6-/m0/s1. The minimum Gasteiger partial charge on any atom is -0.481 e. The summed E-state index contributed by atoms with van der Waals surface area (Å²) in [5.41, 5.74) is -0.668. The molecule has 0 spiro atoms. The molecule has 102 valence electrons. The van der Waals surface area contributed by atoms with Gasteiger partial charge in [0.1, 0.15) is 11.7 Å². The summed E-state index contributed by atoms with van der Waals surface area (Å²) in [6, 6.07) is 0.858. The SMILES string of the molecule is O=C(O)CC[C@H](NC(=O)c1ccc(=O)[nH]n1)C(=O)O. The lowest BCUT2D eigenvalue weighted by atomic mass is 10.1. The van der Waals surface area contributed by atoms with Gasteiger partial charge in [-0.2, -0.15) is 5.10 Å². The van der Waals surface area contributed by atoms with Gasteiger partial charge in [-0.25, -0.2) is 9.89 Å². The molecular weight excluding hydrogens is 258 g/mol. The van der Waals surface area contributed by atoms with Crippen molar-refractivity contribution in [2.24, 2.45) is 0 Å². The van der Waals surface area contributed by atoms with E-state index in [4.69, 9.17) is 10.2 Å². The van der Waals surface area contributed by atoms with Gasteiger partial charge in [0, 0.05) is 12.5 Å². The Hall–Kier alpha value is -2.71. The summed E-state index contributed by atoms with van der Waals surface area (Å²) in [4.78, 5) is 43.6. The Labute approximate surface area is 106 Å². The fourth-order valence-corrected chi connectivity index (χ4v) is 1.23. The molecule has 0 saturated heterocycles. The van der Waals surface area contributed by atoms with Gasteiger partial charge in [-0.1, -0.05) is 0 Å². The van der Waals surface area contributed by atoms with Crippen molar-refractivity contribution in [2.45, 2.75) is 18.9 Å². The average Bonchev–Trinajstić information content (AvgIpc) is 2.34. The van der Waals surface area contributed by atoms with Crippen molar-refractivity contribution in [3.63, 3.8) is 0 Å². The molecule has 1 amide bonds. The first-order chi connectivity index (χ1) is 8.90. The molecular formula is C10H11N3O6. The summed E-state index contributed by atoms with van der Waals surface area (Å²) in [6.45, 7) is 0. The normalized spacial score (nSPS) is 11.6. The fourth-order valence-electron chi connectivity index (χ4n) is 1.23. The van der Waals surface area contributed by atoms with E-state index in [-0.39, 0.29) is 12.1 Å². The van der Waals surface area contributed by atoms with Crippen molar-refractivity contribution < 1.29 is 24.6 Å². The number of carbonyl (C=O) groups is 3. The highest BCUT2D eigenvalue weighted by atomic mass is 16.4. The number of aliphatic carboxylic acids is 2. The molecule has 0 bridgehead atoms. The minimum absolute atomic E-state index is 0.166. The van der Waals surface area contributed by atoms with Crippen LogP contribution in [0.1, 0.15) is 23.3 Å². The number of carboxylic acids is 2. The van der Waals surface area contributed by atoms with Gasteiger partial charge in [-0.05, 0) is 12.5 Å². The maximum absolute atomic E-state index is 11.6. The Morgan fingerprint density at radius 3 is 2.47 bits per heavy atom. The van der Waals surface area contributed by atoms with Crippen LogP contribution in [-0.2, 0) is 9.59 Å². The van der Waals surface area contributed by atoms with E-state index in [0.29, 0.717) is 0 Å². The van der Waals surface area contributed by atoms with Crippen molar-refractivity contribution in [1.82, 2.24) is 15.5 Å². The second-order valence-corrected chi connectivity index (χ2v) is 3.60. The van der Waals surface area contributed by atoms with Crippen molar-refractivity contribution in [3.05, 3.63) is 28.2 Å². The number of H-pyrrole nitrogens is 1. The summed E-state index contributed by atoms with van der Waals surface area (Å²) in [5, 5.41) is 24.9. The van der Waals surface area contributed by atoms with Gasteiger partial charge in [0.25, 0.3) is 11.5 Å². The largest absolute Gasteiger partial charge is 0.481 e. The topological polar surface area (TPSA) is 149 Å². The third kappa shape index (κ3) is 4.58. The Morgan fingerprint density at radius 1 is 1.32 bits per heavy atom. The van der Waals surface area contributed by atoms with Crippen molar-refractivity contribution in [2.75, 3.05) is 0 Å². The molecule has 0 aliphatic heterocycles. The van der Waals surface area contributed by atoms with Gasteiger partial charge in [-0.15, -0.1) is 0 Å². The maximum atomic E-state index is 11.6. The van der Waals surface area contributed by atoms with E-state index in [1.54, 1.807) is 0 Å². The lowest BCUT2D eigenvalue weighted by Crippen LogP contribution is -2.41. The Balaban J connectivity index is 2.70. The van der Waals surface area contributed by atoms with Crippen LogP contribution in [0.15, 0.2) is 16.9 Å². The third-order valence-electron chi connectivity index (χ3n) is 2.16. The Bertz CT molecular complexity index is 532. The number of hydrogen-bond acceptors (Lipinski definition) is 5. The smallest absolute Gasteiger partial charge is 0.326 e. The van der Waals surface area contributed by atoms with Gasteiger partial charge in [0.05, 0.1) is 0 Å². The molecule has 0 radical (unpaired) electrons. The summed E-state index contributed by atoms with van der Waals surface area (Å²) < 4.78 is 0. The molecule has 0 aromatic carbocycles. The van der Waals surface area contributed by atoms with Gasteiger partial charge >= 0.3 is 11.9 Å². The number of rotatable bonds is 6. The van der Waals surface area contributed by atoms with Gasteiger partial charge in [0.2, 0.25) is 0 Å². The van der Waals surface area contributed by atoms with Crippen LogP contribution < -0.4 is 10.9 Å². The summed E-state index contributed by atoms with van der Waals surface area (Å²) in [7, 11) is 0. The molecule has 1 aromatic rings. The maximum Gasteiger partial charge on any atom is 0.326 e. The number of nitrogens with zero attached hydrogens (tertiary/aromatic N) is 1. The van der Waals surface area contributed by atoms with Crippen molar-refractivity contribution in [1.29, 1.82) is 0 Å². The minimum atomic E-state index is -1.35. The molecule has 0 unspecified atom stereocenters. The molecule has 4 N–H and O–H groups in total. The first-order valence-corrected chi connectivity index (χ1v) is 5.21. The van der Waals surface area contributed by atoms with E-state index in [0.717, 1.165) is 12.1 Å². The van der Waals surface area contributed by atoms with Crippen molar-refractivity contribution >= 4 is 17.8 Å². The monoisotopic (exact) mass is 269 g/mol. The Kier molecular flexibility index (Phi) is 4.75. The first kappa shape index (κ1) is 14.4. The van der Waals surface area contributed by atoms with E-state index in [9.17, 15) is 19.2 Å². The zero-order valence-corrected chi connectivity index (χ0v) is 9.62. The molecule has 9 nitrogen and oxygen atoms in total. The number of carbonyl (C=O) groups excluding carboxylic acids is 1. The molecule has 1 rings (SSSR count). The van der Waals surface area contributed by atoms with Gasteiger partial charge in [-0.3, -0.25) is 14.4 Å². The zero-order chi connectivity index (χ0) is 14.4. The summed E-state index contributed by atoms with van der Waals surface area (Å²) in [6.07, 6.45) is -0.643. The molecule has 9 heteroatoms. The van der Waals surface area contributed by atoms with E-state index < -0.39 is 35.9 Å². The van der Waals surface area contributed by atoms with Crippen LogP contribution in [0.4, 0.5) is 0 Å². The second-order valence-electron chi connectivity index (χ2n) is 3.60. The first-order valence-electron chi connectivity index (χ1n) is 5.21. The number of carboxylic acid groups (broad SMARTS) is 2. The molecule has 0 saturated carbocycles. The number of aromatic amines is 1. The fraction of sp³-hybridized carbons (Fsp3) is 0.300. The lowest BCUT2D eigenvalue weighted by Gasteiger charge is -2.12. The van der Waals surface area contributed by atoms with E-state index >= 15 is 0 Å². The van der Waals surface area contributed by atoms with Gasteiger partial charge in [0.15, 0.2) is 0 Å². The molecule has 1 aromatic heterocycles. The average molecular weight is 269 g/mol. The lowest BCUT2D eigenvalue weighted by molar-refractivity contribution is -0.140. The summed E-state index contributed by atoms with van der Waals surface area (Å²) >= 11 is 0. The Morgan fingerprint density at radius 2 is 2.00 bits per heavy atom. The second kappa shape index (κ2) is 6.28. The van der Waals surface area contributed by atoms with Crippen LogP contribution >= 0.6 is 0 Å². The van der Waals surface area contributed by atoms with Crippen LogP contribution in [0.5, 0.6) is 0 Å². The van der Waals surface area contributed by atoms with Crippen LogP contribution in [0, 0.1) is 0 Å². The van der Waals surface area contributed by atoms with Crippen molar-refractivity contribution in [3.8, 4) is 0 Å². The quantitative estimate of drug-likeness (QED) is 0.507. The molecule has 0 fully saturated rings. The number of hydrogen-bond donors (Lipinski definition) is 4. The van der Waals surface area contributed by atoms with Crippen LogP contribution in [0.3, 0.4) is 0 Å². The molecule has 0 aliphatic rings. The highest BCUT2D eigenvalue weighted by molar-refractivity contribution is 5.94. The highest BCUT2D eigenvalue weighted by Crippen LogP contribution is 2.00. The van der Waals surface area contributed by atoms with Crippen LogP contribution in [0.2, 0.25) is 0 Å². The van der Waals surface area contributed by atoms with E-state index in [1.165, 1.54) is 0 Å². The molecule has 1 atom stereocenters. The number of amides is 1. The number of aromatic nitrogens is 2. The predicted octanol–water partition coefficient (Wildman–Crippen LogP) is -1.18. The van der Waals surface area contributed by atoms with Crippen LogP contribution in [-0.4, -0.2) is 44.3 Å². The van der Waals surface area contributed by atoms with E-state index in [2.05, 4.69) is 10.4 Å². The third-order valence-corrected chi connectivity index (χ3v) is 2.16. The molecule has 19 heavy (non-hydrogen) atoms. The molecule has 0 aliphatic carbocycles.